The zero-order chi connectivity index (χ0) is 24.2. The molecule has 3 N–H and O–H groups in total. The first-order valence-corrected chi connectivity index (χ1v) is 11.2. The fourth-order valence-electron chi connectivity index (χ4n) is 3.89. The Kier molecular flexibility index (Phi) is 6.90. The van der Waals surface area contributed by atoms with Crippen molar-refractivity contribution in [2.75, 3.05) is 23.3 Å². The Balaban J connectivity index is 1.48. The number of hydrogen-bond donors (Lipinski definition) is 3. The molecule has 2 heterocycles. The second-order valence-corrected chi connectivity index (χ2v) is 8.43. The third-order valence-corrected chi connectivity index (χ3v) is 5.90. The molecule has 1 saturated heterocycles. The van der Waals surface area contributed by atoms with Gasteiger partial charge in [-0.15, -0.1) is 0 Å². The van der Waals surface area contributed by atoms with Crippen molar-refractivity contribution in [3.8, 4) is 11.3 Å². The number of nitro benzene ring substituents is 1. The summed E-state index contributed by atoms with van der Waals surface area (Å²) >= 11 is 5.31. The Morgan fingerprint density at radius 3 is 2.62 bits per heavy atom. The SMILES string of the molecule is Cc1ccc(-c2ccc(CO)o2)cc1NC(=S)NC(=O)c1ccc(N2CCCC2)c([N+](=O)[O-])c1. The van der Waals surface area contributed by atoms with Gasteiger partial charge in [0.2, 0.25) is 0 Å². The molecule has 1 aliphatic rings. The van der Waals surface area contributed by atoms with Crippen LogP contribution in [0.2, 0.25) is 0 Å². The maximum absolute atomic E-state index is 12.7. The predicted molar refractivity (Wildman–Crippen MR) is 133 cm³/mol. The van der Waals surface area contributed by atoms with Gasteiger partial charge in [0.25, 0.3) is 11.6 Å². The summed E-state index contributed by atoms with van der Waals surface area (Å²) in [5.74, 6) is 0.506. The van der Waals surface area contributed by atoms with Crippen molar-refractivity contribution in [1.29, 1.82) is 0 Å². The maximum atomic E-state index is 12.7. The van der Waals surface area contributed by atoms with E-state index in [0.717, 1.165) is 37.1 Å². The van der Waals surface area contributed by atoms with E-state index < -0.39 is 10.8 Å². The van der Waals surface area contributed by atoms with E-state index in [1.807, 2.05) is 30.0 Å². The Morgan fingerprint density at radius 2 is 1.94 bits per heavy atom. The topological polar surface area (TPSA) is 121 Å². The molecule has 34 heavy (non-hydrogen) atoms. The van der Waals surface area contributed by atoms with E-state index in [1.54, 1.807) is 24.3 Å². The van der Waals surface area contributed by atoms with Crippen molar-refractivity contribution in [2.24, 2.45) is 0 Å². The summed E-state index contributed by atoms with van der Waals surface area (Å²) in [5, 5.41) is 26.5. The molecule has 0 saturated carbocycles. The molecule has 0 bridgehead atoms. The maximum Gasteiger partial charge on any atom is 0.293 e. The van der Waals surface area contributed by atoms with Crippen LogP contribution in [0, 0.1) is 17.0 Å². The first-order chi connectivity index (χ1) is 16.4. The van der Waals surface area contributed by atoms with E-state index in [0.29, 0.717) is 22.9 Å². The number of aliphatic hydroxyl groups excluding tert-OH is 1. The van der Waals surface area contributed by atoms with Gasteiger partial charge < -0.3 is 19.7 Å². The minimum Gasteiger partial charge on any atom is -0.459 e. The minimum atomic E-state index is -0.541. The van der Waals surface area contributed by atoms with Crippen LogP contribution >= 0.6 is 12.2 Å². The molecule has 0 unspecified atom stereocenters. The first-order valence-electron chi connectivity index (χ1n) is 10.8. The monoisotopic (exact) mass is 480 g/mol. The van der Waals surface area contributed by atoms with Gasteiger partial charge in [-0.3, -0.25) is 20.2 Å². The van der Waals surface area contributed by atoms with Gasteiger partial charge in [0.1, 0.15) is 23.8 Å². The molecule has 1 amide bonds. The van der Waals surface area contributed by atoms with E-state index in [2.05, 4.69) is 10.6 Å². The van der Waals surface area contributed by atoms with Crippen LogP contribution in [-0.4, -0.2) is 34.1 Å². The lowest BCUT2D eigenvalue weighted by Crippen LogP contribution is -2.34. The van der Waals surface area contributed by atoms with Crippen molar-refractivity contribution in [1.82, 2.24) is 5.32 Å². The second-order valence-electron chi connectivity index (χ2n) is 8.02. The van der Waals surface area contributed by atoms with Crippen LogP contribution in [0.25, 0.3) is 11.3 Å². The van der Waals surface area contributed by atoms with Crippen molar-refractivity contribution < 1.29 is 19.2 Å². The van der Waals surface area contributed by atoms with Gasteiger partial charge >= 0.3 is 0 Å². The highest BCUT2D eigenvalue weighted by molar-refractivity contribution is 7.80. The van der Waals surface area contributed by atoms with E-state index in [4.69, 9.17) is 16.6 Å². The number of benzene rings is 2. The molecule has 1 aromatic heterocycles. The molecule has 10 heteroatoms. The van der Waals surface area contributed by atoms with Gasteiger partial charge in [0.05, 0.1) is 4.92 Å². The number of furan rings is 1. The highest BCUT2D eigenvalue weighted by atomic mass is 32.1. The number of aliphatic hydroxyl groups is 1. The standard InChI is InChI=1S/C24H24N4O5S/c1-15-4-5-16(22-9-7-18(14-29)33-22)12-19(15)25-24(34)26-23(30)17-6-8-20(21(13-17)28(31)32)27-10-2-3-11-27/h4-9,12-13,29H,2-3,10-11,14H2,1H3,(H2,25,26,30,34). The number of nitrogens with one attached hydrogen (secondary N) is 2. The number of carbonyl (C=O) groups is 1. The van der Waals surface area contributed by atoms with Crippen LogP contribution in [0.3, 0.4) is 0 Å². The molecule has 9 nitrogen and oxygen atoms in total. The lowest BCUT2D eigenvalue weighted by atomic mass is 10.1. The normalized spacial score (nSPS) is 13.1. The number of amides is 1. The van der Waals surface area contributed by atoms with Crippen LogP contribution in [-0.2, 0) is 6.61 Å². The average molecular weight is 481 g/mol. The summed E-state index contributed by atoms with van der Waals surface area (Å²) in [6.07, 6.45) is 1.98. The molecule has 0 radical (unpaired) electrons. The third-order valence-electron chi connectivity index (χ3n) is 5.70. The summed E-state index contributed by atoms with van der Waals surface area (Å²) in [6.45, 7) is 3.22. The summed E-state index contributed by atoms with van der Waals surface area (Å²) in [7, 11) is 0. The summed E-state index contributed by atoms with van der Waals surface area (Å²) in [5.41, 5.74) is 2.90. The number of nitrogens with zero attached hydrogens (tertiary/aromatic N) is 2. The fourth-order valence-corrected chi connectivity index (χ4v) is 4.10. The van der Waals surface area contributed by atoms with Crippen molar-refractivity contribution in [3.63, 3.8) is 0 Å². The molecule has 3 aromatic rings. The zero-order valence-electron chi connectivity index (χ0n) is 18.5. The second kappa shape index (κ2) is 10.0. The fraction of sp³-hybridized carbons (Fsp3) is 0.250. The quantitative estimate of drug-likeness (QED) is 0.270. The molecule has 4 rings (SSSR count). The molecule has 0 aliphatic carbocycles. The third kappa shape index (κ3) is 5.08. The van der Waals surface area contributed by atoms with E-state index in [9.17, 15) is 20.0 Å². The van der Waals surface area contributed by atoms with Crippen LogP contribution in [0.5, 0.6) is 0 Å². The Hall–Kier alpha value is -3.76. The smallest absolute Gasteiger partial charge is 0.293 e. The number of nitro groups is 1. The van der Waals surface area contributed by atoms with Gasteiger partial charge in [0, 0.05) is 36.0 Å². The lowest BCUT2D eigenvalue weighted by Gasteiger charge is -2.18. The average Bonchev–Trinajstić information content (AvgIpc) is 3.52. The van der Waals surface area contributed by atoms with Crippen LogP contribution in [0.15, 0.2) is 52.9 Å². The number of anilines is 2. The molecule has 0 atom stereocenters. The number of carbonyl (C=O) groups excluding carboxylic acids is 1. The molecule has 2 aromatic carbocycles. The van der Waals surface area contributed by atoms with Gasteiger partial charge in [-0.2, -0.15) is 0 Å². The first kappa shape index (κ1) is 23.4. The number of aryl methyl sites for hydroxylation is 1. The summed E-state index contributed by atoms with van der Waals surface area (Å²) < 4.78 is 5.58. The van der Waals surface area contributed by atoms with Crippen LogP contribution < -0.4 is 15.5 Å². The number of hydrogen-bond acceptors (Lipinski definition) is 7. The van der Waals surface area contributed by atoms with Crippen molar-refractivity contribution in [2.45, 2.75) is 26.4 Å². The van der Waals surface area contributed by atoms with E-state index >= 15 is 0 Å². The Labute approximate surface area is 201 Å². The molecule has 1 fully saturated rings. The Morgan fingerprint density at radius 1 is 1.18 bits per heavy atom. The Bertz CT molecular complexity index is 1250. The van der Waals surface area contributed by atoms with E-state index in [1.165, 1.54) is 6.07 Å². The largest absolute Gasteiger partial charge is 0.459 e. The van der Waals surface area contributed by atoms with Crippen molar-refractivity contribution in [3.05, 3.63) is 75.5 Å². The summed E-state index contributed by atoms with van der Waals surface area (Å²) in [6, 6.07) is 13.5. The lowest BCUT2D eigenvalue weighted by molar-refractivity contribution is -0.384. The number of rotatable bonds is 6. The van der Waals surface area contributed by atoms with Gasteiger partial charge in [0.15, 0.2) is 5.11 Å². The minimum absolute atomic E-state index is 0.0621. The molecular weight excluding hydrogens is 456 g/mol. The number of thiocarbonyl (C=S) groups is 1. The highest BCUT2D eigenvalue weighted by Gasteiger charge is 2.24. The molecule has 1 aliphatic heterocycles. The zero-order valence-corrected chi connectivity index (χ0v) is 19.4. The molecule has 176 valence electrons. The van der Waals surface area contributed by atoms with Crippen LogP contribution in [0.1, 0.15) is 34.5 Å². The van der Waals surface area contributed by atoms with Crippen molar-refractivity contribution >= 4 is 40.3 Å². The molecule has 0 spiro atoms. The highest BCUT2D eigenvalue weighted by Crippen LogP contribution is 2.32. The molecular formula is C24H24N4O5S. The van der Waals surface area contributed by atoms with E-state index in [-0.39, 0.29) is 23.0 Å². The summed E-state index contributed by atoms with van der Waals surface area (Å²) in [4.78, 5) is 25.9. The van der Waals surface area contributed by atoms with Crippen LogP contribution in [0.4, 0.5) is 17.1 Å². The van der Waals surface area contributed by atoms with Gasteiger partial charge in [-0.05, 0) is 67.9 Å². The van der Waals surface area contributed by atoms with Gasteiger partial charge in [-0.25, -0.2) is 0 Å². The van der Waals surface area contributed by atoms with Gasteiger partial charge in [-0.1, -0.05) is 12.1 Å². The predicted octanol–water partition coefficient (Wildman–Crippen LogP) is 4.38.